The molecule has 3 aliphatic heterocycles. The molecule has 1 saturated heterocycles. The van der Waals surface area contributed by atoms with Gasteiger partial charge in [0.2, 0.25) is 6.79 Å². The maximum absolute atomic E-state index is 5.75. The summed E-state index contributed by atoms with van der Waals surface area (Å²) in [7, 11) is 1.98. The molecule has 1 fully saturated rings. The first-order chi connectivity index (χ1) is 12.3. The molecule has 4 rings (SSSR count). The molecule has 7 heteroatoms. The van der Waals surface area contributed by atoms with Gasteiger partial charge >= 0.3 is 0 Å². The van der Waals surface area contributed by atoms with E-state index >= 15 is 0 Å². The van der Waals surface area contributed by atoms with Gasteiger partial charge in [0.1, 0.15) is 6.29 Å². The van der Waals surface area contributed by atoms with E-state index in [1.54, 1.807) is 0 Å². The molecule has 3 aliphatic rings. The van der Waals surface area contributed by atoms with E-state index < -0.39 is 0 Å². The van der Waals surface area contributed by atoms with Crippen LogP contribution < -0.4 is 36.1 Å². The summed E-state index contributed by atoms with van der Waals surface area (Å²) >= 11 is 0. The second-order valence-electron chi connectivity index (χ2n) is 6.62. The zero-order valence-electron chi connectivity index (χ0n) is 14.7. The highest BCUT2D eigenvalue weighted by molar-refractivity contribution is 5.77. The highest BCUT2D eigenvalue weighted by atomic mass is 16.7. The minimum Gasteiger partial charge on any atom is -0.453 e. The van der Waals surface area contributed by atoms with Crippen molar-refractivity contribution in [1.82, 2.24) is 21.3 Å². The predicted octanol–water partition coefficient (Wildman–Crippen LogP) is 1.01. The van der Waals surface area contributed by atoms with Gasteiger partial charge in [-0.05, 0) is 44.5 Å². The summed E-state index contributed by atoms with van der Waals surface area (Å²) < 4.78 is 11.4. The van der Waals surface area contributed by atoms with Crippen LogP contribution in [0.3, 0.4) is 0 Å². The standard InChI is InChI=1S/C18H27N5O2/c1-19-16-5-8-21-18(23-16)22-13-9-14(12-3-2-6-20-7-4-12)17-15(10-13)24-11-25-17/h4,9-10,16,18-23H,2-3,5-8,11H2,1H3. The summed E-state index contributed by atoms with van der Waals surface area (Å²) in [4.78, 5) is 0. The third kappa shape index (κ3) is 3.74. The van der Waals surface area contributed by atoms with Crippen molar-refractivity contribution in [2.75, 3.05) is 38.8 Å². The Hall–Kier alpha value is -1.80. The smallest absolute Gasteiger partial charge is 0.231 e. The van der Waals surface area contributed by atoms with Gasteiger partial charge in [-0.2, -0.15) is 0 Å². The molecule has 0 aromatic heterocycles. The topological polar surface area (TPSA) is 78.6 Å². The molecule has 3 heterocycles. The molecule has 136 valence electrons. The van der Waals surface area contributed by atoms with E-state index in [-0.39, 0.29) is 6.29 Å². The molecule has 7 nitrogen and oxygen atoms in total. The van der Waals surface area contributed by atoms with Crippen LogP contribution in [-0.2, 0) is 0 Å². The summed E-state index contributed by atoms with van der Waals surface area (Å²) in [6.07, 6.45) is 5.83. The zero-order chi connectivity index (χ0) is 17.1. The van der Waals surface area contributed by atoms with E-state index in [0.717, 1.165) is 61.6 Å². The van der Waals surface area contributed by atoms with Crippen molar-refractivity contribution in [3.8, 4) is 11.5 Å². The molecule has 0 saturated carbocycles. The van der Waals surface area contributed by atoms with E-state index in [1.807, 2.05) is 13.1 Å². The Balaban J connectivity index is 1.58. The summed E-state index contributed by atoms with van der Waals surface area (Å²) in [5.74, 6) is 1.69. The van der Waals surface area contributed by atoms with Crippen LogP contribution in [0.25, 0.3) is 5.57 Å². The van der Waals surface area contributed by atoms with Crippen LogP contribution in [0, 0.1) is 0 Å². The van der Waals surface area contributed by atoms with Crippen LogP contribution in [0.2, 0.25) is 0 Å². The zero-order valence-corrected chi connectivity index (χ0v) is 14.7. The first kappa shape index (κ1) is 16.7. The number of benzene rings is 1. The quantitative estimate of drug-likeness (QED) is 0.557. The van der Waals surface area contributed by atoms with E-state index in [9.17, 15) is 0 Å². The monoisotopic (exact) mass is 345 g/mol. The van der Waals surface area contributed by atoms with Crippen molar-refractivity contribution in [2.24, 2.45) is 0 Å². The lowest BCUT2D eigenvalue weighted by Gasteiger charge is -2.33. The predicted molar refractivity (Wildman–Crippen MR) is 98.7 cm³/mol. The largest absolute Gasteiger partial charge is 0.453 e. The highest BCUT2D eigenvalue weighted by Gasteiger charge is 2.24. The molecular weight excluding hydrogens is 318 g/mol. The van der Waals surface area contributed by atoms with Gasteiger partial charge in [0.25, 0.3) is 0 Å². The third-order valence-corrected chi connectivity index (χ3v) is 4.92. The van der Waals surface area contributed by atoms with E-state index in [2.05, 4.69) is 38.7 Å². The van der Waals surface area contributed by atoms with Crippen LogP contribution >= 0.6 is 0 Å². The van der Waals surface area contributed by atoms with Crippen LogP contribution in [0.15, 0.2) is 18.2 Å². The van der Waals surface area contributed by atoms with Gasteiger partial charge in [0.05, 0.1) is 6.17 Å². The van der Waals surface area contributed by atoms with Crippen molar-refractivity contribution < 1.29 is 9.47 Å². The van der Waals surface area contributed by atoms with Crippen LogP contribution in [0.5, 0.6) is 11.5 Å². The van der Waals surface area contributed by atoms with Gasteiger partial charge in [0.15, 0.2) is 11.5 Å². The SMILES string of the molecule is CNC1CCNC(Nc2cc3c(c(C4=CCNCCC4)c2)OCO3)N1. The summed E-state index contributed by atoms with van der Waals surface area (Å²) in [5.41, 5.74) is 3.49. The molecule has 0 bridgehead atoms. The Bertz CT molecular complexity index is 649. The molecule has 0 amide bonds. The summed E-state index contributed by atoms with van der Waals surface area (Å²) in [6.45, 7) is 3.21. The molecule has 0 spiro atoms. The number of hydrogen-bond acceptors (Lipinski definition) is 7. The van der Waals surface area contributed by atoms with Gasteiger partial charge in [0, 0.05) is 30.4 Å². The normalized spacial score (nSPS) is 26.0. The molecule has 5 N–H and O–H groups in total. The average Bonchev–Trinajstić information content (AvgIpc) is 2.94. The van der Waals surface area contributed by atoms with Crippen LogP contribution in [0.1, 0.15) is 24.8 Å². The third-order valence-electron chi connectivity index (χ3n) is 4.92. The highest BCUT2D eigenvalue weighted by Crippen LogP contribution is 2.43. The number of anilines is 1. The number of nitrogens with one attached hydrogen (secondary N) is 5. The van der Waals surface area contributed by atoms with Crippen LogP contribution in [-0.4, -0.2) is 45.9 Å². The Morgan fingerprint density at radius 2 is 2.16 bits per heavy atom. The lowest BCUT2D eigenvalue weighted by molar-refractivity contribution is 0.173. The van der Waals surface area contributed by atoms with Crippen molar-refractivity contribution in [3.63, 3.8) is 0 Å². The van der Waals surface area contributed by atoms with E-state index in [0.29, 0.717) is 13.0 Å². The molecular formula is C18H27N5O2. The molecule has 0 radical (unpaired) electrons. The Kier molecular flexibility index (Phi) is 5.07. The minimum atomic E-state index is 0.0178. The number of allylic oxidation sites excluding steroid dienone is 1. The molecule has 2 atom stereocenters. The number of ether oxygens (including phenoxy) is 2. The van der Waals surface area contributed by atoms with Crippen LogP contribution in [0.4, 0.5) is 5.69 Å². The van der Waals surface area contributed by atoms with Gasteiger partial charge < -0.3 is 25.4 Å². The summed E-state index contributed by atoms with van der Waals surface area (Å²) in [5, 5.41) is 17.2. The van der Waals surface area contributed by atoms with E-state index in [1.165, 1.54) is 5.57 Å². The molecule has 25 heavy (non-hydrogen) atoms. The lowest BCUT2D eigenvalue weighted by atomic mass is 9.99. The van der Waals surface area contributed by atoms with Crippen molar-refractivity contribution >= 4 is 11.3 Å². The molecule has 1 aromatic carbocycles. The Labute approximate surface area is 148 Å². The Morgan fingerprint density at radius 1 is 1.20 bits per heavy atom. The average molecular weight is 345 g/mol. The fraction of sp³-hybridized carbons (Fsp3) is 0.556. The van der Waals surface area contributed by atoms with Gasteiger partial charge in [-0.15, -0.1) is 0 Å². The molecule has 2 unspecified atom stereocenters. The van der Waals surface area contributed by atoms with Crippen molar-refractivity contribution in [2.45, 2.75) is 31.7 Å². The lowest BCUT2D eigenvalue weighted by Crippen LogP contribution is -2.61. The first-order valence-electron chi connectivity index (χ1n) is 9.10. The maximum atomic E-state index is 5.75. The number of rotatable bonds is 4. The van der Waals surface area contributed by atoms with Crippen molar-refractivity contribution in [3.05, 3.63) is 23.8 Å². The Morgan fingerprint density at radius 3 is 3.08 bits per heavy atom. The number of fused-ring (bicyclic) bond motifs is 1. The fourth-order valence-electron chi connectivity index (χ4n) is 3.58. The fourth-order valence-corrected chi connectivity index (χ4v) is 3.58. The number of hydrogen-bond donors (Lipinski definition) is 5. The molecule has 0 aliphatic carbocycles. The summed E-state index contributed by atoms with van der Waals surface area (Å²) in [6, 6.07) is 4.20. The van der Waals surface area contributed by atoms with Gasteiger partial charge in [-0.25, -0.2) is 0 Å². The molecule has 1 aromatic rings. The minimum absolute atomic E-state index is 0.0178. The van der Waals surface area contributed by atoms with Crippen molar-refractivity contribution in [1.29, 1.82) is 0 Å². The van der Waals surface area contributed by atoms with E-state index in [4.69, 9.17) is 9.47 Å². The first-order valence-corrected chi connectivity index (χ1v) is 9.10. The second-order valence-corrected chi connectivity index (χ2v) is 6.62. The second kappa shape index (κ2) is 7.61. The maximum Gasteiger partial charge on any atom is 0.231 e. The van der Waals surface area contributed by atoms with Gasteiger partial charge in [-0.1, -0.05) is 6.08 Å². The van der Waals surface area contributed by atoms with Gasteiger partial charge in [-0.3, -0.25) is 10.6 Å².